The van der Waals surface area contributed by atoms with E-state index in [9.17, 15) is 9.59 Å². The van der Waals surface area contributed by atoms with Crippen LogP contribution in [0.2, 0.25) is 0 Å². The molecule has 0 bridgehead atoms. The van der Waals surface area contributed by atoms with Gasteiger partial charge in [0.2, 0.25) is 11.8 Å². The van der Waals surface area contributed by atoms with Crippen LogP contribution in [0, 0.1) is 0 Å². The Morgan fingerprint density at radius 1 is 0.966 bits per heavy atom. The Morgan fingerprint density at radius 2 is 1.72 bits per heavy atom. The molecular formula is C22H39N3O4. The van der Waals surface area contributed by atoms with Gasteiger partial charge in [0.05, 0.1) is 19.7 Å². The van der Waals surface area contributed by atoms with Gasteiger partial charge in [0, 0.05) is 59.3 Å². The first-order valence-electron chi connectivity index (χ1n) is 10.7. The molecule has 2 amide bonds. The normalized spacial score (nSPS) is 10.9. The van der Waals surface area contributed by atoms with Crippen LogP contribution in [0.5, 0.6) is 0 Å². The molecule has 1 aromatic heterocycles. The first-order chi connectivity index (χ1) is 14.0. The van der Waals surface area contributed by atoms with E-state index >= 15 is 0 Å². The molecule has 0 aliphatic carbocycles. The Hall–Kier alpha value is -1.86. The van der Waals surface area contributed by atoms with E-state index in [1.54, 1.807) is 24.0 Å². The van der Waals surface area contributed by atoms with Gasteiger partial charge in [-0.05, 0) is 25.0 Å². The van der Waals surface area contributed by atoms with Crippen LogP contribution in [-0.4, -0.2) is 73.2 Å². The number of nitrogens with zero attached hydrogens (tertiary/aromatic N) is 3. The van der Waals surface area contributed by atoms with Gasteiger partial charge in [-0.1, -0.05) is 26.2 Å². The van der Waals surface area contributed by atoms with Crippen molar-refractivity contribution >= 4 is 11.8 Å². The number of hydrogen-bond donors (Lipinski definition) is 0. The summed E-state index contributed by atoms with van der Waals surface area (Å²) in [5.41, 5.74) is 1.05. The summed E-state index contributed by atoms with van der Waals surface area (Å²) in [6.07, 6.45) is 7.38. The SMILES string of the molecule is CCCCCCC(=O)N(CCCOC)CC(=O)N(CCOC)Cc1cccn1C. The third-order valence-corrected chi connectivity index (χ3v) is 5.02. The number of rotatable bonds is 16. The molecule has 0 aromatic carbocycles. The molecule has 1 aromatic rings. The molecule has 1 rings (SSSR count). The molecule has 0 unspecified atom stereocenters. The predicted molar refractivity (Wildman–Crippen MR) is 115 cm³/mol. The van der Waals surface area contributed by atoms with Crippen molar-refractivity contribution in [3.8, 4) is 0 Å². The number of carbonyl (C=O) groups is 2. The zero-order valence-electron chi connectivity index (χ0n) is 18.7. The smallest absolute Gasteiger partial charge is 0.242 e. The van der Waals surface area contributed by atoms with Crippen molar-refractivity contribution in [3.63, 3.8) is 0 Å². The molecule has 0 spiro atoms. The topological polar surface area (TPSA) is 64.0 Å². The van der Waals surface area contributed by atoms with Crippen molar-refractivity contribution in [2.45, 2.75) is 52.0 Å². The number of amides is 2. The van der Waals surface area contributed by atoms with Crippen molar-refractivity contribution in [2.24, 2.45) is 7.05 Å². The minimum absolute atomic E-state index is 0.0520. The van der Waals surface area contributed by atoms with Crippen LogP contribution in [-0.2, 0) is 32.7 Å². The van der Waals surface area contributed by atoms with E-state index in [2.05, 4.69) is 6.92 Å². The second-order valence-electron chi connectivity index (χ2n) is 7.39. The number of carbonyl (C=O) groups excluding carboxylic acids is 2. The molecule has 0 saturated heterocycles. The lowest BCUT2D eigenvalue weighted by molar-refractivity contribution is -0.141. The number of ether oxygens (including phenoxy) is 2. The van der Waals surface area contributed by atoms with Gasteiger partial charge in [0.25, 0.3) is 0 Å². The fraction of sp³-hybridized carbons (Fsp3) is 0.727. The number of aryl methyl sites for hydroxylation is 1. The second kappa shape index (κ2) is 15.0. The molecule has 166 valence electrons. The zero-order chi connectivity index (χ0) is 21.5. The minimum atomic E-state index is -0.0532. The van der Waals surface area contributed by atoms with Crippen LogP contribution in [0.25, 0.3) is 0 Å². The van der Waals surface area contributed by atoms with Crippen molar-refractivity contribution in [2.75, 3.05) is 47.1 Å². The second-order valence-corrected chi connectivity index (χ2v) is 7.39. The molecule has 0 aliphatic rings. The van der Waals surface area contributed by atoms with E-state index in [1.165, 1.54) is 0 Å². The molecule has 0 N–H and O–H groups in total. The van der Waals surface area contributed by atoms with E-state index < -0.39 is 0 Å². The first-order valence-corrected chi connectivity index (χ1v) is 10.7. The van der Waals surface area contributed by atoms with Gasteiger partial charge in [-0.2, -0.15) is 0 Å². The summed E-state index contributed by atoms with van der Waals surface area (Å²) in [4.78, 5) is 29.2. The van der Waals surface area contributed by atoms with Crippen molar-refractivity contribution < 1.29 is 19.1 Å². The third-order valence-electron chi connectivity index (χ3n) is 5.02. The summed E-state index contributed by atoms with van der Waals surface area (Å²) in [5, 5.41) is 0. The minimum Gasteiger partial charge on any atom is -0.385 e. The van der Waals surface area contributed by atoms with E-state index in [-0.39, 0.29) is 18.4 Å². The van der Waals surface area contributed by atoms with E-state index in [1.807, 2.05) is 29.9 Å². The summed E-state index contributed by atoms with van der Waals surface area (Å²) in [6, 6.07) is 3.97. The standard InChI is InChI=1S/C22H39N3O4/c1-5-6-7-8-12-21(26)24(14-10-16-28-3)19-22(27)25(15-17-29-4)18-20-11-9-13-23(20)2/h9,11,13H,5-8,10,12,14-19H2,1-4H3. The van der Waals surface area contributed by atoms with E-state index in [0.29, 0.717) is 39.3 Å². The van der Waals surface area contributed by atoms with Gasteiger partial charge in [0.1, 0.15) is 0 Å². The number of methoxy groups -OCH3 is 2. The molecule has 7 heteroatoms. The molecular weight excluding hydrogens is 370 g/mol. The van der Waals surface area contributed by atoms with E-state index in [0.717, 1.165) is 37.8 Å². The van der Waals surface area contributed by atoms with Crippen LogP contribution in [0.1, 0.15) is 51.1 Å². The van der Waals surface area contributed by atoms with Crippen molar-refractivity contribution in [1.29, 1.82) is 0 Å². The number of hydrogen-bond acceptors (Lipinski definition) is 4. The lowest BCUT2D eigenvalue weighted by Crippen LogP contribution is -2.44. The molecule has 0 atom stereocenters. The first kappa shape index (κ1) is 25.2. The Kier molecular flexibility index (Phi) is 13.1. The van der Waals surface area contributed by atoms with Gasteiger partial charge >= 0.3 is 0 Å². The highest BCUT2D eigenvalue weighted by atomic mass is 16.5. The summed E-state index contributed by atoms with van der Waals surface area (Å²) >= 11 is 0. The average Bonchev–Trinajstić information content (AvgIpc) is 3.12. The lowest BCUT2D eigenvalue weighted by atomic mass is 10.1. The van der Waals surface area contributed by atoms with E-state index in [4.69, 9.17) is 9.47 Å². The van der Waals surface area contributed by atoms with Crippen LogP contribution < -0.4 is 0 Å². The van der Waals surface area contributed by atoms with Crippen molar-refractivity contribution in [1.82, 2.24) is 14.4 Å². The molecule has 29 heavy (non-hydrogen) atoms. The highest BCUT2D eigenvalue weighted by Crippen LogP contribution is 2.09. The lowest BCUT2D eigenvalue weighted by Gasteiger charge is -2.28. The summed E-state index contributed by atoms with van der Waals surface area (Å²) in [5.74, 6) is -0.00121. The molecule has 1 heterocycles. The summed E-state index contributed by atoms with van der Waals surface area (Å²) < 4.78 is 12.3. The van der Waals surface area contributed by atoms with Crippen LogP contribution >= 0.6 is 0 Å². The van der Waals surface area contributed by atoms with Gasteiger partial charge in [0.15, 0.2) is 0 Å². The Morgan fingerprint density at radius 3 is 2.34 bits per heavy atom. The average molecular weight is 410 g/mol. The molecule has 0 saturated carbocycles. The Bertz CT molecular complexity index is 588. The molecule has 0 radical (unpaired) electrons. The molecule has 0 fully saturated rings. The third kappa shape index (κ3) is 9.94. The van der Waals surface area contributed by atoms with Crippen LogP contribution in [0.4, 0.5) is 0 Å². The maximum atomic E-state index is 13.0. The molecule has 7 nitrogen and oxygen atoms in total. The summed E-state index contributed by atoms with van der Waals surface area (Å²) in [6.45, 7) is 4.83. The predicted octanol–water partition coefficient (Wildman–Crippen LogP) is 2.84. The van der Waals surface area contributed by atoms with Gasteiger partial charge in [-0.15, -0.1) is 0 Å². The molecule has 0 aliphatic heterocycles. The Balaban J connectivity index is 2.74. The number of aromatic nitrogens is 1. The fourth-order valence-corrected chi connectivity index (χ4v) is 3.17. The zero-order valence-corrected chi connectivity index (χ0v) is 18.7. The Labute approximate surface area is 175 Å². The number of unbranched alkanes of at least 4 members (excludes halogenated alkanes) is 3. The summed E-state index contributed by atoms with van der Waals surface area (Å²) in [7, 11) is 5.24. The monoisotopic (exact) mass is 409 g/mol. The fourth-order valence-electron chi connectivity index (χ4n) is 3.17. The van der Waals surface area contributed by atoms with Gasteiger partial charge < -0.3 is 23.8 Å². The highest BCUT2D eigenvalue weighted by Gasteiger charge is 2.21. The van der Waals surface area contributed by atoms with Crippen LogP contribution in [0.3, 0.4) is 0 Å². The largest absolute Gasteiger partial charge is 0.385 e. The maximum absolute atomic E-state index is 13.0. The van der Waals surface area contributed by atoms with Gasteiger partial charge in [-0.25, -0.2) is 0 Å². The quantitative estimate of drug-likeness (QED) is 0.394. The maximum Gasteiger partial charge on any atom is 0.242 e. The van der Waals surface area contributed by atoms with Crippen LogP contribution in [0.15, 0.2) is 18.3 Å². The van der Waals surface area contributed by atoms with Gasteiger partial charge in [-0.3, -0.25) is 9.59 Å². The van der Waals surface area contributed by atoms with Crippen molar-refractivity contribution in [3.05, 3.63) is 24.0 Å². The highest BCUT2D eigenvalue weighted by molar-refractivity contribution is 5.84.